The maximum atomic E-state index is 6.84. The molecule has 9 rings (SSSR count). The first-order valence-electron chi connectivity index (χ1n) is 19.3. The standard InChI is InChI=1S/C49H45N3O2.Pt/c1-32-20-23-43-42(26-32)41-22-21-39(31-44(41)52(43)45-30-38(24-25-50-45)49(2,3)4)53-40-28-36(33-14-8-5-9-15-33)27-37(29-40)48-51-46(34-16-10-6-11-17-34)47(54-48)35-18-12-7-13-19-35;/h5,7-9,12-15,18-28,30,34,46-47H,6,10-11,16-17H2,1-4H3;/q-2;+2/t46-,47+;/m1./s1. The second-order valence-corrected chi connectivity index (χ2v) is 16.0. The average molecular weight is 903 g/mol. The summed E-state index contributed by atoms with van der Waals surface area (Å²) in [6, 6.07) is 47.5. The number of hydrogen-bond acceptors (Lipinski definition) is 4. The molecule has 2 atom stereocenters. The first kappa shape index (κ1) is 37.0. The number of rotatable bonds is 7. The Morgan fingerprint density at radius 3 is 2.27 bits per heavy atom. The molecule has 278 valence electrons. The monoisotopic (exact) mass is 902 g/mol. The number of aliphatic imine (C=N–C) groups is 1. The minimum Gasteiger partial charge on any atom is -0.510 e. The predicted octanol–water partition coefficient (Wildman–Crippen LogP) is 12.3. The Hall–Kier alpha value is -4.99. The first-order valence-corrected chi connectivity index (χ1v) is 19.3. The molecular formula is C49H45N3O2Pt. The SMILES string of the molecule is Cc1ccc2c(c1)c1ccc(Oc3[c-]c(C4=N[C@H](C5CCCCC5)[C@H](c5ccccc5)O4)cc(-c4ccccc4)c3)[c-]c1n2-c1cc(C(C)(C)C)ccn1.[Pt+2]. The molecule has 55 heavy (non-hydrogen) atoms. The van der Waals surface area contributed by atoms with Crippen LogP contribution in [0.15, 0.2) is 126 Å². The van der Waals surface area contributed by atoms with Crippen LogP contribution in [0.1, 0.15) is 81.2 Å². The third-order valence-electron chi connectivity index (χ3n) is 11.1. The molecule has 1 aliphatic heterocycles. The number of nitrogens with zero attached hydrogens (tertiary/aromatic N) is 3. The van der Waals surface area contributed by atoms with Gasteiger partial charge in [0.15, 0.2) is 0 Å². The summed E-state index contributed by atoms with van der Waals surface area (Å²) >= 11 is 0. The van der Waals surface area contributed by atoms with E-state index in [1.165, 1.54) is 48.8 Å². The van der Waals surface area contributed by atoms with E-state index in [0.29, 0.717) is 23.3 Å². The average Bonchev–Trinajstić information content (AvgIpc) is 3.78. The van der Waals surface area contributed by atoms with Gasteiger partial charge in [-0.25, -0.2) is 4.98 Å². The van der Waals surface area contributed by atoms with Crippen molar-refractivity contribution in [2.45, 2.75) is 77.4 Å². The quantitative estimate of drug-likeness (QED) is 0.150. The van der Waals surface area contributed by atoms with Crippen molar-refractivity contribution in [2.75, 3.05) is 0 Å². The van der Waals surface area contributed by atoms with Gasteiger partial charge in [-0.1, -0.05) is 147 Å². The zero-order valence-electron chi connectivity index (χ0n) is 31.8. The fraction of sp³-hybridized carbons (Fsp3) is 0.265. The number of aryl methyl sites for hydroxylation is 1. The van der Waals surface area contributed by atoms with E-state index in [9.17, 15) is 0 Å². The Kier molecular flexibility index (Phi) is 10.3. The Morgan fingerprint density at radius 2 is 1.51 bits per heavy atom. The van der Waals surface area contributed by atoms with Gasteiger partial charge in [0.25, 0.3) is 0 Å². The van der Waals surface area contributed by atoms with Crippen molar-refractivity contribution in [1.82, 2.24) is 9.55 Å². The molecule has 3 heterocycles. The largest absolute Gasteiger partial charge is 2.00 e. The molecule has 0 amide bonds. The van der Waals surface area contributed by atoms with Crippen LogP contribution in [0.4, 0.5) is 0 Å². The summed E-state index contributed by atoms with van der Waals surface area (Å²) < 4.78 is 15.8. The molecule has 0 bridgehead atoms. The number of aromatic nitrogens is 2. The van der Waals surface area contributed by atoms with Crippen LogP contribution in [0.2, 0.25) is 0 Å². The molecule has 0 N–H and O–H groups in total. The van der Waals surface area contributed by atoms with Crippen LogP contribution in [0.25, 0.3) is 38.8 Å². The molecule has 5 aromatic carbocycles. The van der Waals surface area contributed by atoms with Gasteiger partial charge in [-0.2, -0.15) is 6.07 Å². The summed E-state index contributed by atoms with van der Waals surface area (Å²) in [6.45, 7) is 8.82. The maximum Gasteiger partial charge on any atom is 2.00 e. The molecule has 2 aromatic heterocycles. The summed E-state index contributed by atoms with van der Waals surface area (Å²) in [6.07, 6.45) is 7.93. The molecule has 0 spiro atoms. The summed E-state index contributed by atoms with van der Waals surface area (Å²) in [4.78, 5) is 10.2. The van der Waals surface area contributed by atoms with Crippen LogP contribution in [-0.2, 0) is 31.2 Å². The smallest absolute Gasteiger partial charge is 0.510 e. The van der Waals surface area contributed by atoms with Gasteiger partial charge in [-0.15, -0.1) is 23.6 Å². The van der Waals surface area contributed by atoms with E-state index in [4.69, 9.17) is 19.5 Å². The van der Waals surface area contributed by atoms with Crippen molar-refractivity contribution in [2.24, 2.45) is 10.9 Å². The van der Waals surface area contributed by atoms with E-state index in [0.717, 1.165) is 44.3 Å². The number of pyridine rings is 1. The molecule has 0 saturated heterocycles. The van der Waals surface area contributed by atoms with Gasteiger partial charge in [0.05, 0.1) is 6.04 Å². The van der Waals surface area contributed by atoms with Crippen LogP contribution in [0, 0.1) is 25.0 Å². The second-order valence-electron chi connectivity index (χ2n) is 16.0. The van der Waals surface area contributed by atoms with Crippen LogP contribution in [0.3, 0.4) is 0 Å². The summed E-state index contributed by atoms with van der Waals surface area (Å²) in [7, 11) is 0. The van der Waals surface area contributed by atoms with Gasteiger partial charge in [0.1, 0.15) is 17.8 Å². The van der Waals surface area contributed by atoms with Gasteiger partial charge >= 0.3 is 21.1 Å². The summed E-state index contributed by atoms with van der Waals surface area (Å²) in [5.41, 5.74) is 8.45. The number of ether oxygens (including phenoxy) is 2. The van der Waals surface area contributed by atoms with Gasteiger partial charge in [0, 0.05) is 23.2 Å². The Balaban J connectivity index is 0.00000427. The third-order valence-corrected chi connectivity index (χ3v) is 11.1. The Labute approximate surface area is 338 Å². The van der Waals surface area contributed by atoms with E-state index >= 15 is 0 Å². The molecule has 7 aromatic rings. The molecule has 1 saturated carbocycles. The summed E-state index contributed by atoms with van der Waals surface area (Å²) in [5, 5.41) is 2.26. The van der Waals surface area contributed by atoms with Crippen LogP contribution >= 0.6 is 0 Å². The van der Waals surface area contributed by atoms with Crippen LogP contribution in [0.5, 0.6) is 11.5 Å². The zero-order chi connectivity index (χ0) is 36.8. The molecule has 0 radical (unpaired) electrons. The number of fused-ring (bicyclic) bond motifs is 3. The Bertz CT molecular complexity index is 2490. The Morgan fingerprint density at radius 1 is 0.745 bits per heavy atom. The third kappa shape index (κ3) is 7.40. The van der Waals surface area contributed by atoms with Crippen molar-refractivity contribution in [1.29, 1.82) is 0 Å². The van der Waals surface area contributed by atoms with E-state index in [2.05, 4.69) is 141 Å². The fourth-order valence-electron chi connectivity index (χ4n) is 8.27. The van der Waals surface area contributed by atoms with Crippen molar-refractivity contribution in [3.8, 4) is 28.4 Å². The van der Waals surface area contributed by atoms with E-state index in [1.807, 2.05) is 24.4 Å². The van der Waals surface area contributed by atoms with Crippen LogP contribution < -0.4 is 4.74 Å². The van der Waals surface area contributed by atoms with Gasteiger partial charge < -0.3 is 14.0 Å². The minimum atomic E-state index is -0.130. The topological polar surface area (TPSA) is 48.6 Å². The van der Waals surface area contributed by atoms with Crippen molar-refractivity contribution >= 4 is 27.7 Å². The maximum absolute atomic E-state index is 6.84. The van der Waals surface area contributed by atoms with Crippen molar-refractivity contribution in [3.05, 3.63) is 156 Å². The van der Waals surface area contributed by atoms with E-state index < -0.39 is 0 Å². The molecule has 6 heteroatoms. The molecule has 5 nitrogen and oxygen atoms in total. The zero-order valence-corrected chi connectivity index (χ0v) is 34.1. The minimum absolute atomic E-state index is 0. The van der Waals surface area contributed by atoms with Crippen LogP contribution in [-0.4, -0.2) is 21.5 Å². The molecular weight excluding hydrogens is 858 g/mol. The molecule has 1 fully saturated rings. The van der Waals surface area contributed by atoms with Gasteiger partial charge in [0.2, 0.25) is 0 Å². The van der Waals surface area contributed by atoms with E-state index in [-0.39, 0.29) is 38.6 Å². The first-order chi connectivity index (χ1) is 26.3. The van der Waals surface area contributed by atoms with Gasteiger partial charge in [-0.05, 0) is 71.4 Å². The van der Waals surface area contributed by atoms with Crippen molar-refractivity contribution < 1.29 is 30.5 Å². The normalized spacial score (nSPS) is 17.5. The number of benzene rings is 5. The molecule has 0 unspecified atom stereocenters. The predicted molar refractivity (Wildman–Crippen MR) is 219 cm³/mol. The van der Waals surface area contributed by atoms with E-state index in [1.54, 1.807) is 0 Å². The molecule has 1 aliphatic carbocycles. The molecule has 2 aliphatic rings. The van der Waals surface area contributed by atoms with Gasteiger partial charge in [-0.3, -0.25) is 4.99 Å². The second kappa shape index (κ2) is 15.3. The summed E-state index contributed by atoms with van der Waals surface area (Å²) in [5.74, 6) is 3.15. The van der Waals surface area contributed by atoms with Crippen molar-refractivity contribution in [3.63, 3.8) is 0 Å². The number of hydrogen-bond donors (Lipinski definition) is 0. The fourth-order valence-corrected chi connectivity index (χ4v) is 8.27.